The highest BCUT2D eigenvalue weighted by molar-refractivity contribution is 6.17. The topological polar surface area (TPSA) is 42.4 Å². The van der Waals surface area contributed by atoms with Gasteiger partial charge in [-0.3, -0.25) is 0 Å². The zero-order valence-corrected chi connectivity index (χ0v) is 27.4. The number of aromatic nitrogens is 1. The van der Waals surface area contributed by atoms with Crippen molar-refractivity contribution >= 4 is 93.4 Å². The van der Waals surface area contributed by atoms with E-state index in [1.165, 1.54) is 10.8 Å². The maximum Gasteiger partial charge on any atom is 0.143 e. The molecule has 0 spiro atoms. The minimum atomic E-state index is 0.845. The zero-order valence-electron chi connectivity index (χ0n) is 27.4. The number of rotatable bonds is 4. The molecule has 3 aromatic heterocycles. The number of para-hydroxylation sites is 1. The summed E-state index contributed by atoms with van der Waals surface area (Å²) >= 11 is 0. The SMILES string of the molecule is c1ccc2nc(-c3ccc(N(c4ccc5c(c4)oc4c6ccccc6ccc54)c4ccc5c(c4)oc4c6ccccc6ccc54)cc3)ccc2c1. The van der Waals surface area contributed by atoms with E-state index in [2.05, 4.69) is 163 Å². The van der Waals surface area contributed by atoms with Crippen molar-refractivity contribution in [2.75, 3.05) is 4.90 Å². The molecule has 0 amide bonds. The molecule has 0 bridgehead atoms. The molecule has 3 heterocycles. The molecule has 0 fully saturated rings. The monoisotopic (exact) mass is 652 g/mol. The maximum absolute atomic E-state index is 6.64. The largest absolute Gasteiger partial charge is 0.455 e. The molecule has 0 saturated heterocycles. The molecule has 0 N–H and O–H groups in total. The van der Waals surface area contributed by atoms with Gasteiger partial charge in [-0.2, -0.15) is 0 Å². The summed E-state index contributed by atoms with van der Waals surface area (Å²) in [5, 5.41) is 10.1. The van der Waals surface area contributed by atoms with Gasteiger partial charge in [-0.25, -0.2) is 4.98 Å². The van der Waals surface area contributed by atoms with E-state index in [0.717, 1.165) is 93.9 Å². The number of hydrogen-bond donors (Lipinski definition) is 0. The summed E-state index contributed by atoms with van der Waals surface area (Å²) in [5.41, 5.74) is 9.49. The quantitative estimate of drug-likeness (QED) is 0.190. The van der Waals surface area contributed by atoms with Gasteiger partial charge < -0.3 is 13.7 Å². The van der Waals surface area contributed by atoms with Gasteiger partial charge in [0.1, 0.15) is 22.3 Å². The number of benzene rings is 8. The molecule has 0 saturated carbocycles. The van der Waals surface area contributed by atoms with Crippen molar-refractivity contribution in [3.63, 3.8) is 0 Å². The fourth-order valence-electron chi connectivity index (χ4n) is 7.72. The van der Waals surface area contributed by atoms with E-state index >= 15 is 0 Å². The smallest absolute Gasteiger partial charge is 0.143 e. The van der Waals surface area contributed by atoms with Crippen LogP contribution in [0.2, 0.25) is 0 Å². The Bertz CT molecular complexity index is 3000. The summed E-state index contributed by atoms with van der Waals surface area (Å²) in [4.78, 5) is 7.22. The van der Waals surface area contributed by atoms with Crippen molar-refractivity contribution < 1.29 is 8.83 Å². The van der Waals surface area contributed by atoms with Crippen LogP contribution in [0, 0.1) is 0 Å². The van der Waals surface area contributed by atoms with Crippen LogP contribution in [0.1, 0.15) is 0 Å². The Hall–Kier alpha value is -6.91. The van der Waals surface area contributed by atoms with E-state index in [9.17, 15) is 0 Å². The summed E-state index contributed by atoms with van der Waals surface area (Å²) in [7, 11) is 0. The van der Waals surface area contributed by atoms with Crippen LogP contribution >= 0.6 is 0 Å². The molecule has 51 heavy (non-hydrogen) atoms. The standard InChI is InChI=1S/C47H28N2O2/c1-4-10-36-29(7-1)15-22-40-38-24-20-34(27-44(38)50-46(36)40)49(33-18-13-32(14-19-33)43-26-17-31-9-3-6-12-42(31)48-43)35-21-25-39-41-23-16-30-8-2-5-11-37(30)47(41)51-45(39)28-35/h1-28H. The summed E-state index contributed by atoms with van der Waals surface area (Å²) in [5.74, 6) is 0. The van der Waals surface area contributed by atoms with E-state index in [1.54, 1.807) is 0 Å². The molecular weight excluding hydrogens is 625 g/mol. The lowest BCUT2D eigenvalue weighted by atomic mass is 10.0. The summed E-state index contributed by atoms with van der Waals surface area (Å²) in [6.45, 7) is 0. The van der Waals surface area contributed by atoms with Crippen LogP contribution < -0.4 is 4.90 Å². The van der Waals surface area contributed by atoms with Crippen LogP contribution in [0.25, 0.3) is 87.6 Å². The van der Waals surface area contributed by atoms with Crippen LogP contribution in [-0.2, 0) is 0 Å². The van der Waals surface area contributed by atoms with Crippen molar-refractivity contribution in [1.29, 1.82) is 0 Å². The van der Waals surface area contributed by atoms with Crippen molar-refractivity contribution in [2.45, 2.75) is 0 Å². The Morgan fingerprint density at radius 1 is 0.373 bits per heavy atom. The highest BCUT2D eigenvalue weighted by Gasteiger charge is 2.19. The Kier molecular flexibility index (Phi) is 5.92. The predicted octanol–water partition coefficient (Wildman–Crippen LogP) is 13.5. The highest BCUT2D eigenvalue weighted by atomic mass is 16.3. The Labute approximate surface area is 292 Å². The lowest BCUT2D eigenvalue weighted by Crippen LogP contribution is -2.09. The predicted molar refractivity (Wildman–Crippen MR) is 211 cm³/mol. The molecule has 238 valence electrons. The lowest BCUT2D eigenvalue weighted by Gasteiger charge is -2.25. The van der Waals surface area contributed by atoms with Gasteiger partial charge in [0.2, 0.25) is 0 Å². The molecule has 4 nitrogen and oxygen atoms in total. The summed E-state index contributed by atoms with van der Waals surface area (Å²) in [6.07, 6.45) is 0. The number of pyridine rings is 1. The van der Waals surface area contributed by atoms with Crippen molar-refractivity contribution in [3.8, 4) is 11.3 Å². The Morgan fingerprint density at radius 3 is 1.47 bits per heavy atom. The van der Waals surface area contributed by atoms with Crippen LogP contribution in [0.15, 0.2) is 179 Å². The Balaban J connectivity index is 1.09. The molecule has 8 aromatic carbocycles. The fraction of sp³-hybridized carbons (Fsp3) is 0. The molecule has 0 unspecified atom stereocenters. The van der Waals surface area contributed by atoms with Crippen LogP contribution in [0.3, 0.4) is 0 Å². The maximum atomic E-state index is 6.64. The number of furan rings is 2. The molecular formula is C47H28N2O2. The van der Waals surface area contributed by atoms with E-state index in [-0.39, 0.29) is 0 Å². The van der Waals surface area contributed by atoms with Gasteiger partial charge in [0.05, 0.1) is 11.2 Å². The van der Waals surface area contributed by atoms with Gasteiger partial charge in [-0.15, -0.1) is 0 Å². The number of fused-ring (bicyclic) bond motifs is 11. The molecule has 0 radical (unpaired) electrons. The average molecular weight is 653 g/mol. The highest BCUT2D eigenvalue weighted by Crippen LogP contribution is 2.43. The van der Waals surface area contributed by atoms with Crippen molar-refractivity contribution in [3.05, 3.63) is 170 Å². The third kappa shape index (κ3) is 4.37. The first kappa shape index (κ1) is 28.0. The molecule has 0 aliphatic carbocycles. The van der Waals surface area contributed by atoms with Gasteiger partial charge in [-0.05, 0) is 71.4 Å². The summed E-state index contributed by atoms with van der Waals surface area (Å²) < 4.78 is 13.3. The zero-order chi connectivity index (χ0) is 33.5. The molecule has 0 atom stereocenters. The summed E-state index contributed by atoms with van der Waals surface area (Å²) in [6, 6.07) is 59.6. The molecule has 11 aromatic rings. The van der Waals surface area contributed by atoms with E-state index < -0.39 is 0 Å². The molecule has 0 aliphatic heterocycles. The van der Waals surface area contributed by atoms with Crippen LogP contribution in [0.5, 0.6) is 0 Å². The number of anilines is 3. The Morgan fingerprint density at radius 2 is 0.863 bits per heavy atom. The first-order chi connectivity index (χ1) is 25.2. The molecule has 4 heteroatoms. The van der Waals surface area contributed by atoms with Gasteiger partial charge in [0.15, 0.2) is 0 Å². The van der Waals surface area contributed by atoms with Crippen molar-refractivity contribution in [1.82, 2.24) is 4.98 Å². The van der Waals surface area contributed by atoms with E-state index in [4.69, 9.17) is 13.8 Å². The number of hydrogen-bond acceptors (Lipinski definition) is 4. The van der Waals surface area contributed by atoms with Crippen LogP contribution in [0.4, 0.5) is 17.1 Å². The normalized spacial score (nSPS) is 11.9. The molecule has 0 aliphatic rings. The van der Waals surface area contributed by atoms with Crippen LogP contribution in [-0.4, -0.2) is 4.98 Å². The fourth-order valence-corrected chi connectivity index (χ4v) is 7.72. The second kappa shape index (κ2) is 10.8. The first-order valence-corrected chi connectivity index (χ1v) is 17.2. The van der Waals surface area contributed by atoms with Gasteiger partial charge in [-0.1, -0.05) is 97.1 Å². The van der Waals surface area contributed by atoms with Gasteiger partial charge in [0.25, 0.3) is 0 Å². The minimum absolute atomic E-state index is 0.845. The lowest BCUT2D eigenvalue weighted by molar-refractivity contribution is 0.672. The van der Waals surface area contributed by atoms with E-state index in [0.29, 0.717) is 0 Å². The third-order valence-electron chi connectivity index (χ3n) is 10.2. The molecule has 11 rings (SSSR count). The second-order valence-electron chi connectivity index (χ2n) is 13.2. The van der Waals surface area contributed by atoms with Gasteiger partial charge >= 0.3 is 0 Å². The first-order valence-electron chi connectivity index (χ1n) is 17.2. The van der Waals surface area contributed by atoms with E-state index in [1.807, 2.05) is 12.1 Å². The van der Waals surface area contributed by atoms with Crippen molar-refractivity contribution in [2.24, 2.45) is 0 Å². The van der Waals surface area contributed by atoms with Gasteiger partial charge in [0, 0.05) is 72.5 Å². The average Bonchev–Trinajstić information content (AvgIpc) is 3.76. The second-order valence-corrected chi connectivity index (χ2v) is 13.2. The minimum Gasteiger partial charge on any atom is -0.455 e. The number of nitrogens with zero attached hydrogens (tertiary/aromatic N) is 2. The third-order valence-corrected chi connectivity index (χ3v) is 10.2.